The van der Waals surface area contributed by atoms with E-state index in [2.05, 4.69) is 4.99 Å². The smallest absolute Gasteiger partial charge is 0.338 e. The highest BCUT2D eigenvalue weighted by Gasteiger charge is 2.33. The Morgan fingerprint density at radius 1 is 1.03 bits per heavy atom. The summed E-state index contributed by atoms with van der Waals surface area (Å²) in [7, 11) is 3.09. The van der Waals surface area contributed by atoms with Gasteiger partial charge in [-0.1, -0.05) is 59.9 Å². The number of nitrogens with zero attached hydrogens (tertiary/aromatic N) is 2. The second kappa shape index (κ2) is 11.1. The number of esters is 1. The summed E-state index contributed by atoms with van der Waals surface area (Å²) in [5, 5.41) is 0. The third-order valence-electron chi connectivity index (χ3n) is 6.35. The first-order valence-electron chi connectivity index (χ1n) is 12.1. The van der Waals surface area contributed by atoms with Crippen LogP contribution in [0.2, 0.25) is 0 Å². The molecular weight excluding hydrogens is 519 g/mol. The van der Waals surface area contributed by atoms with Crippen molar-refractivity contribution in [2.45, 2.75) is 19.6 Å². The maximum absolute atomic E-state index is 13.8. The number of methoxy groups -OCH3 is 2. The molecule has 7 nitrogen and oxygen atoms in total. The van der Waals surface area contributed by atoms with Gasteiger partial charge < -0.3 is 14.2 Å². The summed E-state index contributed by atoms with van der Waals surface area (Å²) in [6.07, 6.45) is 1.74. The number of hydrogen-bond donors (Lipinski definition) is 0. The molecule has 2 heterocycles. The van der Waals surface area contributed by atoms with Gasteiger partial charge in [-0.2, -0.15) is 0 Å². The molecule has 0 fully saturated rings. The van der Waals surface area contributed by atoms with Crippen LogP contribution < -0.4 is 24.4 Å². The summed E-state index contributed by atoms with van der Waals surface area (Å²) in [6, 6.07) is 19.6. The molecule has 5 rings (SSSR count). The standard InChI is InChI=1S/C30H25FN2O5S/c1-18-26(29(35)38-17-19-7-5-4-6-8-19)27(21-10-12-22(31)13-11-21)33-28(34)25(39-30(33)32-18)16-20-9-14-23(36-2)24(15-20)37-3/h4-16,27H,17H2,1-3H3/b25-16-/t27-/m0/s1. The monoisotopic (exact) mass is 544 g/mol. The van der Waals surface area contributed by atoms with Gasteiger partial charge in [-0.05, 0) is 54.0 Å². The predicted octanol–water partition coefficient (Wildman–Crippen LogP) is 4.13. The van der Waals surface area contributed by atoms with Gasteiger partial charge in [0.05, 0.1) is 36.1 Å². The molecule has 0 aliphatic carbocycles. The van der Waals surface area contributed by atoms with E-state index >= 15 is 0 Å². The van der Waals surface area contributed by atoms with Gasteiger partial charge in [-0.3, -0.25) is 9.36 Å². The molecule has 0 spiro atoms. The lowest BCUT2D eigenvalue weighted by Gasteiger charge is -2.24. The van der Waals surface area contributed by atoms with Gasteiger partial charge >= 0.3 is 5.97 Å². The molecular formula is C30H25FN2O5S. The lowest BCUT2D eigenvalue weighted by molar-refractivity contribution is -0.140. The number of rotatable bonds is 7. The number of halogens is 1. The second-order valence-corrected chi connectivity index (χ2v) is 9.82. The molecule has 1 aromatic heterocycles. The van der Waals surface area contributed by atoms with Crippen LogP contribution in [0.1, 0.15) is 29.7 Å². The largest absolute Gasteiger partial charge is 0.493 e. The summed E-state index contributed by atoms with van der Waals surface area (Å²) in [5.74, 6) is 0.0846. The second-order valence-electron chi connectivity index (χ2n) is 8.81. The molecule has 0 radical (unpaired) electrons. The summed E-state index contributed by atoms with van der Waals surface area (Å²) >= 11 is 1.21. The molecule has 4 aromatic rings. The Bertz CT molecular complexity index is 1740. The Labute approximate surface area is 227 Å². The molecule has 0 saturated heterocycles. The van der Waals surface area contributed by atoms with E-state index < -0.39 is 17.8 Å². The summed E-state index contributed by atoms with van der Waals surface area (Å²) in [5.41, 5.74) is 2.45. The molecule has 0 saturated carbocycles. The molecule has 1 aliphatic rings. The van der Waals surface area contributed by atoms with Crippen LogP contribution >= 0.6 is 11.3 Å². The molecule has 1 aliphatic heterocycles. The molecule has 3 aromatic carbocycles. The fourth-order valence-corrected chi connectivity index (χ4v) is 5.48. The molecule has 0 amide bonds. The number of benzene rings is 3. The fraction of sp³-hybridized carbons (Fsp3) is 0.167. The fourth-order valence-electron chi connectivity index (χ4n) is 4.44. The van der Waals surface area contributed by atoms with Crippen LogP contribution in [0.4, 0.5) is 4.39 Å². The highest BCUT2D eigenvalue weighted by molar-refractivity contribution is 7.07. The number of ether oxygens (including phenoxy) is 3. The van der Waals surface area contributed by atoms with E-state index in [1.54, 1.807) is 51.5 Å². The number of hydrogen-bond acceptors (Lipinski definition) is 7. The van der Waals surface area contributed by atoms with Crippen LogP contribution in [-0.4, -0.2) is 24.8 Å². The van der Waals surface area contributed by atoms with Gasteiger partial charge in [-0.25, -0.2) is 14.2 Å². The highest BCUT2D eigenvalue weighted by Crippen LogP contribution is 2.31. The Hall–Kier alpha value is -4.50. The third-order valence-corrected chi connectivity index (χ3v) is 7.33. The van der Waals surface area contributed by atoms with Gasteiger partial charge in [-0.15, -0.1) is 0 Å². The number of allylic oxidation sites excluding steroid dienone is 1. The van der Waals surface area contributed by atoms with Gasteiger partial charge in [0.15, 0.2) is 16.3 Å². The van der Waals surface area contributed by atoms with Crippen molar-refractivity contribution in [3.05, 3.63) is 126 Å². The minimum Gasteiger partial charge on any atom is -0.493 e. The molecule has 0 N–H and O–H groups in total. The molecule has 0 unspecified atom stereocenters. The van der Waals surface area contributed by atoms with E-state index in [1.807, 2.05) is 36.4 Å². The van der Waals surface area contributed by atoms with Crippen LogP contribution in [0.3, 0.4) is 0 Å². The number of fused-ring (bicyclic) bond motifs is 1. The summed E-state index contributed by atoms with van der Waals surface area (Å²) in [4.78, 5) is 32.2. The van der Waals surface area contributed by atoms with Gasteiger partial charge in [0.25, 0.3) is 5.56 Å². The Balaban J connectivity index is 1.61. The van der Waals surface area contributed by atoms with E-state index in [4.69, 9.17) is 14.2 Å². The zero-order chi connectivity index (χ0) is 27.5. The summed E-state index contributed by atoms with van der Waals surface area (Å²) in [6.45, 7) is 1.78. The average Bonchev–Trinajstić information content (AvgIpc) is 3.25. The van der Waals surface area contributed by atoms with Crippen LogP contribution in [0.15, 0.2) is 93.9 Å². The van der Waals surface area contributed by atoms with Crippen LogP contribution in [-0.2, 0) is 16.1 Å². The van der Waals surface area contributed by atoms with Crippen molar-refractivity contribution in [3.8, 4) is 11.5 Å². The maximum atomic E-state index is 13.8. The van der Waals surface area contributed by atoms with Gasteiger partial charge in [0, 0.05) is 0 Å². The predicted molar refractivity (Wildman–Crippen MR) is 146 cm³/mol. The molecule has 1 atom stereocenters. The van der Waals surface area contributed by atoms with E-state index in [9.17, 15) is 14.0 Å². The normalized spacial score (nSPS) is 15.0. The number of carbonyl (C=O) groups excluding carboxylic acids is 1. The number of carbonyl (C=O) groups is 1. The first-order valence-corrected chi connectivity index (χ1v) is 12.9. The van der Waals surface area contributed by atoms with Crippen molar-refractivity contribution in [1.82, 2.24) is 4.57 Å². The third kappa shape index (κ3) is 5.26. The zero-order valence-corrected chi connectivity index (χ0v) is 22.3. The first kappa shape index (κ1) is 26.1. The Morgan fingerprint density at radius 3 is 2.44 bits per heavy atom. The van der Waals surface area contributed by atoms with Crippen molar-refractivity contribution in [1.29, 1.82) is 0 Å². The van der Waals surface area contributed by atoms with E-state index in [0.717, 1.165) is 11.1 Å². The summed E-state index contributed by atoms with van der Waals surface area (Å²) < 4.78 is 32.0. The van der Waals surface area contributed by atoms with Crippen molar-refractivity contribution < 1.29 is 23.4 Å². The molecule has 39 heavy (non-hydrogen) atoms. The van der Waals surface area contributed by atoms with Gasteiger partial charge in [0.1, 0.15) is 12.4 Å². The van der Waals surface area contributed by atoms with Crippen LogP contribution in [0.25, 0.3) is 6.08 Å². The van der Waals surface area contributed by atoms with Crippen molar-refractivity contribution in [2.75, 3.05) is 14.2 Å². The molecule has 198 valence electrons. The van der Waals surface area contributed by atoms with E-state index in [-0.39, 0.29) is 17.7 Å². The van der Waals surface area contributed by atoms with E-state index in [0.29, 0.717) is 32.1 Å². The SMILES string of the molecule is COc1ccc(/C=c2\sc3n(c2=O)[C@@H](c2ccc(F)cc2)C(C(=O)OCc2ccccc2)=C(C)N=3)cc1OC. The van der Waals surface area contributed by atoms with E-state index in [1.165, 1.54) is 28.0 Å². The molecule has 9 heteroatoms. The lowest BCUT2D eigenvalue weighted by atomic mass is 9.96. The van der Waals surface area contributed by atoms with Crippen LogP contribution in [0.5, 0.6) is 11.5 Å². The Kier molecular flexibility index (Phi) is 7.42. The van der Waals surface area contributed by atoms with Gasteiger partial charge in [0.2, 0.25) is 0 Å². The van der Waals surface area contributed by atoms with Crippen molar-refractivity contribution in [3.63, 3.8) is 0 Å². The quantitative estimate of drug-likeness (QED) is 0.327. The number of thiazole rings is 1. The minimum atomic E-state index is -0.835. The van der Waals surface area contributed by atoms with Crippen LogP contribution in [0, 0.1) is 5.82 Å². The first-order chi connectivity index (χ1) is 18.9. The maximum Gasteiger partial charge on any atom is 0.338 e. The topological polar surface area (TPSA) is 79.1 Å². The number of aromatic nitrogens is 1. The average molecular weight is 545 g/mol. The van der Waals surface area contributed by atoms with Crippen molar-refractivity contribution >= 4 is 23.4 Å². The Morgan fingerprint density at radius 2 is 1.74 bits per heavy atom. The van der Waals surface area contributed by atoms with Crippen molar-refractivity contribution in [2.24, 2.45) is 4.99 Å². The highest BCUT2D eigenvalue weighted by atomic mass is 32.1. The minimum absolute atomic E-state index is 0.0658. The molecule has 0 bridgehead atoms. The lowest BCUT2D eigenvalue weighted by Crippen LogP contribution is -2.39. The zero-order valence-electron chi connectivity index (χ0n) is 21.5.